The van der Waals surface area contributed by atoms with Crippen molar-refractivity contribution in [1.82, 2.24) is 5.32 Å². The predicted molar refractivity (Wildman–Crippen MR) is 273 cm³/mol. The normalized spacial score (nSPS) is 13.4. The van der Waals surface area contributed by atoms with Crippen LogP contribution in [0, 0.1) is 0 Å². The number of carbonyl (C=O) groups is 2. The molecule has 0 aromatic heterocycles. The van der Waals surface area contributed by atoms with E-state index in [4.69, 9.17) is 4.74 Å². The Hall–Kier alpha value is -1.92. The number of nitrogens with one attached hydrogen (secondary N) is 1. The van der Waals surface area contributed by atoms with Crippen LogP contribution in [0.5, 0.6) is 0 Å². The lowest BCUT2D eigenvalue weighted by Crippen LogP contribution is -2.46. The quantitative estimate of drug-likeness (QED) is 0.0245. The molecule has 0 heterocycles. The van der Waals surface area contributed by atoms with Crippen LogP contribution in [-0.4, -0.2) is 46.9 Å². The molecule has 63 heavy (non-hydrogen) atoms. The molecule has 0 spiro atoms. The zero-order valence-corrected chi connectivity index (χ0v) is 42.2. The van der Waals surface area contributed by atoms with Gasteiger partial charge in [-0.1, -0.05) is 237 Å². The van der Waals surface area contributed by atoms with Gasteiger partial charge in [0.25, 0.3) is 0 Å². The number of unbranched alkanes of at least 4 members (excludes halogenated alkanes) is 33. The molecule has 0 fully saturated rings. The van der Waals surface area contributed by atoms with Gasteiger partial charge in [0.2, 0.25) is 5.91 Å². The van der Waals surface area contributed by atoms with Crippen molar-refractivity contribution in [1.29, 1.82) is 0 Å². The molecule has 0 aliphatic rings. The number of rotatable bonds is 50. The fourth-order valence-electron chi connectivity index (χ4n) is 8.48. The molecule has 0 aromatic carbocycles. The van der Waals surface area contributed by atoms with Crippen LogP contribution in [0.1, 0.15) is 290 Å². The van der Waals surface area contributed by atoms with Crippen molar-refractivity contribution in [2.45, 2.75) is 309 Å². The molecule has 6 heteroatoms. The lowest BCUT2D eigenvalue weighted by Gasteiger charge is -2.24. The van der Waals surface area contributed by atoms with Gasteiger partial charge in [0.05, 0.1) is 25.2 Å². The number of amides is 1. The fourth-order valence-corrected chi connectivity index (χ4v) is 8.48. The summed E-state index contributed by atoms with van der Waals surface area (Å²) < 4.78 is 5.94. The molecule has 3 atom stereocenters. The lowest BCUT2D eigenvalue weighted by molar-refractivity contribution is -0.151. The second-order valence-corrected chi connectivity index (χ2v) is 19.0. The minimum atomic E-state index is -0.793. The molecule has 0 aliphatic carbocycles. The van der Waals surface area contributed by atoms with Crippen LogP contribution in [0.15, 0.2) is 36.5 Å². The van der Waals surface area contributed by atoms with Crippen LogP contribution >= 0.6 is 0 Å². The highest BCUT2D eigenvalue weighted by Crippen LogP contribution is 2.18. The molecule has 3 unspecified atom stereocenters. The summed E-state index contributed by atoms with van der Waals surface area (Å²) in [5, 5.41) is 23.8. The number of hydrogen-bond acceptors (Lipinski definition) is 5. The Kier molecular flexibility index (Phi) is 49.5. The van der Waals surface area contributed by atoms with Gasteiger partial charge in [0.15, 0.2) is 0 Å². The third-order valence-corrected chi connectivity index (χ3v) is 12.7. The van der Waals surface area contributed by atoms with Crippen LogP contribution in [0.4, 0.5) is 0 Å². The average molecular weight is 886 g/mol. The first-order valence-corrected chi connectivity index (χ1v) is 27.7. The zero-order chi connectivity index (χ0) is 45.9. The number of esters is 1. The summed E-state index contributed by atoms with van der Waals surface area (Å²) in [6, 6.07) is -0.709. The highest BCUT2D eigenvalue weighted by atomic mass is 16.5. The molecule has 3 N–H and O–H groups in total. The summed E-state index contributed by atoms with van der Waals surface area (Å²) in [5.41, 5.74) is 0. The third kappa shape index (κ3) is 46.4. The molecular weight excluding hydrogens is 779 g/mol. The Morgan fingerprint density at radius 3 is 1.24 bits per heavy atom. The van der Waals surface area contributed by atoms with E-state index in [1.165, 1.54) is 173 Å². The second kappa shape index (κ2) is 51.1. The first kappa shape index (κ1) is 61.1. The highest BCUT2D eigenvalue weighted by molar-refractivity contribution is 5.77. The monoisotopic (exact) mass is 886 g/mol. The maximum atomic E-state index is 13.2. The van der Waals surface area contributed by atoms with Gasteiger partial charge in [-0.05, 0) is 77.0 Å². The van der Waals surface area contributed by atoms with Gasteiger partial charge < -0.3 is 20.3 Å². The van der Waals surface area contributed by atoms with Crippen LogP contribution in [0.25, 0.3) is 0 Å². The Morgan fingerprint density at radius 1 is 0.460 bits per heavy atom. The third-order valence-electron chi connectivity index (χ3n) is 12.7. The van der Waals surface area contributed by atoms with Crippen LogP contribution in [0.2, 0.25) is 0 Å². The SMILES string of the molecule is CCCCCCCC/C=C/CCCCCCCCCC(=O)OC(CCCCC/C=C/C=C/CCCCCCCCC)CC(=O)NC(CO)C(O)CCCCCCCCCCCCC. The molecule has 0 saturated carbocycles. The molecule has 0 aliphatic heterocycles. The maximum absolute atomic E-state index is 13.2. The maximum Gasteiger partial charge on any atom is 0.306 e. The number of aliphatic hydroxyl groups excluding tert-OH is 2. The smallest absolute Gasteiger partial charge is 0.306 e. The molecular formula is C57H107NO5. The molecule has 370 valence electrons. The van der Waals surface area contributed by atoms with Gasteiger partial charge in [0, 0.05) is 6.42 Å². The molecule has 0 radical (unpaired) electrons. The van der Waals surface area contributed by atoms with Crippen LogP contribution in [0.3, 0.4) is 0 Å². The average Bonchev–Trinajstić information content (AvgIpc) is 3.28. The second-order valence-electron chi connectivity index (χ2n) is 19.0. The van der Waals surface area contributed by atoms with Crippen molar-refractivity contribution in [2.24, 2.45) is 0 Å². The summed E-state index contributed by atoms with van der Waals surface area (Å²) in [6.45, 7) is 6.48. The molecule has 0 aromatic rings. The first-order chi connectivity index (χ1) is 31.0. The molecule has 0 rings (SSSR count). The first-order valence-electron chi connectivity index (χ1n) is 27.7. The Morgan fingerprint density at radius 2 is 0.810 bits per heavy atom. The van der Waals surface area contributed by atoms with Crippen molar-refractivity contribution < 1.29 is 24.5 Å². The van der Waals surface area contributed by atoms with Gasteiger partial charge in [-0.15, -0.1) is 0 Å². The summed E-state index contributed by atoms with van der Waals surface area (Å²) in [4.78, 5) is 26.2. The summed E-state index contributed by atoms with van der Waals surface area (Å²) in [7, 11) is 0. The van der Waals surface area contributed by atoms with Crippen LogP contribution in [-0.2, 0) is 14.3 Å². The number of carbonyl (C=O) groups excluding carboxylic acids is 2. The Bertz CT molecular complexity index is 1040. The van der Waals surface area contributed by atoms with E-state index in [9.17, 15) is 19.8 Å². The molecule has 6 nitrogen and oxygen atoms in total. The van der Waals surface area contributed by atoms with Crippen molar-refractivity contribution in [3.8, 4) is 0 Å². The van der Waals surface area contributed by atoms with Crippen molar-refractivity contribution in [3.05, 3.63) is 36.5 Å². The molecule has 0 saturated heterocycles. The number of aliphatic hydroxyl groups is 2. The largest absolute Gasteiger partial charge is 0.462 e. The number of allylic oxidation sites excluding steroid dienone is 6. The number of hydrogen-bond donors (Lipinski definition) is 3. The van der Waals surface area contributed by atoms with Gasteiger partial charge in [-0.2, -0.15) is 0 Å². The summed E-state index contributed by atoms with van der Waals surface area (Å²) in [6.07, 6.45) is 60.6. The van der Waals surface area contributed by atoms with E-state index >= 15 is 0 Å². The number of ether oxygens (including phenoxy) is 1. The van der Waals surface area contributed by atoms with Gasteiger partial charge in [0.1, 0.15) is 6.10 Å². The Labute approximate surface area is 392 Å². The highest BCUT2D eigenvalue weighted by Gasteiger charge is 2.24. The van der Waals surface area contributed by atoms with E-state index in [1.807, 2.05) is 0 Å². The zero-order valence-electron chi connectivity index (χ0n) is 42.2. The van der Waals surface area contributed by atoms with Gasteiger partial charge in [-0.3, -0.25) is 9.59 Å². The molecule has 0 bridgehead atoms. The van der Waals surface area contributed by atoms with E-state index in [0.29, 0.717) is 19.3 Å². The van der Waals surface area contributed by atoms with E-state index in [1.54, 1.807) is 0 Å². The van der Waals surface area contributed by atoms with Crippen molar-refractivity contribution in [3.63, 3.8) is 0 Å². The van der Waals surface area contributed by atoms with E-state index in [-0.39, 0.29) is 24.9 Å². The molecule has 1 amide bonds. The minimum absolute atomic E-state index is 0.0606. The van der Waals surface area contributed by atoms with E-state index < -0.39 is 18.2 Å². The minimum Gasteiger partial charge on any atom is -0.462 e. The fraction of sp³-hybridized carbons (Fsp3) is 0.860. The van der Waals surface area contributed by atoms with Crippen molar-refractivity contribution in [2.75, 3.05) is 6.61 Å². The van der Waals surface area contributed by atoms with Gasteiger partial charge in [-0.25, -0.2) is 0 Å². The summed E-state index contributed by atoms with van der Waals surface area (Å²) >= 11 is 0. The standard InChI is InChI=1S/C57H107NO5/c1-4-7-10-13-16-19-22-24-26-28-30-32-35-38-41-44-47-50-57(62)63-53(48-45-42-39-36-34-31-29-27-25-23-20-17-14-11-8-5-2)51-56(61)58-54(52-59)55(60)49-46-43-40-37-33-21-18-15-12-9-6-3/h24,26-27,29,31,34,53-55,59-60H,4-23,25,28,30,32-33,35-52H2,1-3H3,(H,58,61)/b26-24+,29-27+,34-31+. The van der Waals surface area contributed by atoms with E-state index in [2.05, 4.69) is 62.5 Å². The van der Waals surface area contributed by atoms with Crippen molar-refractivity contribution >= 4 is 11.9 Å². The topological polar surface area (TPSA) is 95.9 Å². The predicted octanol–water partition coefficient (Wildman–Crippen LogP) is 16.8. The Balaban J connectivity index is 4.60. The van der Waals surface area contributed by atoms with Crippen LogP contribution < -0.4 is 5.32 Å². The summed E-state index contributed by atoms with van der Waals surface area (Å²) in [5.74, 6) is -0.494. The van der Waals surface area contributed by atoms with E-state index in [0.717, 1.165) is 70.6 Å². The van der Waals surface area contributed by atoms with Gasteiger partial charge >= 0.3 is 5.97 Å². The lowest BCUT2D eigenvalue weighted by atomic mass is 10.0.